The van der Waals surface area contributed by atoms with Gasteiger partial charge >= 0.3 is 0 Å². The summed E-state index contributed by atoms with van der Waals surface area (Å²) in [5, 5.41) is 14.5. The van der Waals surface area contributed by atoms with E-state index in [0.717, 1.165) is 21.0 Å². The Balaban J connectivity index is 0.000000774. The molecule has 0 aliphatic heterocycles. The zero-order chi connectivity index (χ0) is 15.2. The molecular weight excluding hydrogens is 286 g/mol. The smallest absolute Gasteiger partial charge is 0.269 e. The molecule has 2 aromatic carbocycles. The number of non-ortho nitro benzene ring substituents is 1. The number of fused-ring (bicyclic) bond motifs is 1. The Hall–Kier alpha value is -2.47. The maximum atomic E-state index is 10.6. The summed E-state index contributed by atoms with van der Waals surface area (Å²) >= 11 is 1.55. The number of thiazole rings is 1. The first-order valence-corrected chi connectivity index (χ1v) is 7.41. The summed E-state index contributed by atoms with van der Waals surface area (Å²) in [6.07, 6.45) is 0. The maximum Gasteiger partial charge on any atom is 0.269 e. The van der Waals surface area contributed by atoms with Crippen molar-refractivity contribution in [2.24, 2.45) is 0 Å². The monoisotopic (exact) mass is 301 g/mol. The molecule has 1 aromatic heterocycles. The van der Waals surface area contributed by atoms with Crippen LogP contribution >= 0.6 is 11.3 Å². The number of nitrogens with one attached hydrogen (secondary N) is 1. The molecule has 5 nitrogen and oxygen atoms in total. The van der Waals surface area contributed by atoms with Gasteiger partial charge in [0.15, 0.2) is 5.13 Å². The SMILES string of the molecule is CC.O=[N+]([O-])c1ccc(Nc2nc3ccccc3s2)cc1. The first-order chi connectivity index (χ1) is 10.2. The minimum Gasteiger partial charge on any atom is -0.332 e. The second kappa shape index (κ2) is 6.81. The fraction of sp³-hybridized carbons (Fsp3) is 0.133. The number of hydrogen-bond donors (Lipinski definition) is 1. The number of nitrogens with zero attached hydrogens (tertiary/aromatic N) is 2. The minimum atomic E-state index is -0.415. The van der Waals surface area contributed by atoms with E-state index in [9.17, 15) is 10.1 Å². The summed E-state index contributed by atoms with van der Waals surface area (Å²) in [6, 6.07) is 14.1. The first kappa shape index (κ1) is 14.9. The number of rotatable bonds is 3. The Labute approximate surface area is 126 Å². The van der Waals surface area contributed by atoms with Crippen LogP contribution in [0.1, 0.15) is 13.8 Å². The normalized spacial score (nSPS) is 9.81. The van der Waals surface area contributed by atoms with Gasteiger partial charge in [0.25, 0.3) is 5.69 Å². The molecule has 0 spiro atoms. The summed E-state index contributed by atoms with van der Waals surface area (Å²) in [4.78, 5) is 14.6. The Morgan fingerprint density at radius 1 is 1.10 bits per heavy atom. The molecule has 21 heavy (non-hydrogen) atoms. The molecule has 1 N–H and O–H groups in total. The number of anilines is 2. The van der Waals surface area contributed by atoms with Crippen LogP contribution < -0.4 is 5.32 Å². The van der Waals surface area contributed by atoms with Crippen LogP contribution in [0.15, 0.2) is 48.5 Å². The second-order valence-corrected chi connectivity index (χ2v) is 4.95. The molecule has 0 bridgehead atoms. The van der Waals surface area contributed by atoms with Crippen molar-refractivity contribution >= 4 is 38.1 Å². The van der Waals surface area contributed by atoms with E-state index in [1.54, 1.807) is 23.5 Å². The topological polar surface area (TPSA) is 68.1 Å². The van der Waals surface area contributed by atoms with Gasteiger partial charge in [-0.05, 0) is 24.3 Å². The summed E-state index contributed by atoms with van der Waals surface area (Å²) < 4.78 is 1.10. The molecule has 0 aliphatic rings. The number of nitro benzene ring substituents is 1. The fourth-order valence-corrected chi connectivity index (χ4v) is 2.60. The molecule has 0 saturated carbocycles. The van der Waals surface area contributed by atoms with Crippen LogP contribution in [-0.2, 0) is 0 Å². The van der Waals surface area contributed by atoms with Gasteiger partial charge in [0, 0.05) is 17.8 Å². The number of nitro groups is 1. The average molecular weight is 301 g/mol. The zero-order valence-electron chi connectivity index (χ0n) is 11.7. The maximum absolute atomic E-state index is 10.6. The highest BCUT2D eigenvalue weighted by molar-refractivity contribution is 7.22. The fourth-order valence-electron chi connectivity index (χ4n) is 1.72. The average Bonchev–Trinajstić information content (AvgIpc) is 2.92. The third-order valence-corrected chi connectivity index (χ3v) is 3.58. The van der Waals surface area contributed by atoms with Crippen molar-refractivity contribution < 1.29 is 4.92 Å². The van der Waals surface area contributed by atoms with Gasteiger partial charge in [0.2, 0.25) is 0 Å². The van der Waals surface area contributed by atoms with Crippen molar-refractivity contribution in [2.75, 3.05) is 5.32 Å². The van der Waals surface area contributed by atoms with Crippen LogP contribution in [0.5, 0.6) is 0 Å². The highest BCUT2D eigenvalue weighted by atomic mass is 32.1. The molecule has 0 fully saturated rings. The number of aromatic nitrogens is 1. The summed E-state index contributed by atoms with van der Waals surface area (Å²) in [7, 11) is 0. The standard InChI is InChI=1S/C13H9N3O2S.C2H6/c17-16(18)10-7-5-9(6-8-10)14-13-15-11-3-1-2-4-12(11)19-13;1-2/h1-8H,(H,14,15);1-2H3. The van der Waals surface area contributed by atoms with Gasteiger partial charge in [-0.2, -0.15) is 0 Å². The predicted octanol–water partition coefficient (Wildman–Crippen LogP) is 4.97. The van der Waals surface area contributed by atoms with E-state index in [2.05, 4.69) is 10.3 Å². The van der Waals surface area contributed by atoms with Crippen molar-refractivity contribution in [1.82, 2.24) is 4.98 Å². The van der Waals surface area contributed by atoms with Gasteiger partial charge in [-0.25, -0.2) is 4.98 Å². The lowest BCUT2D eigenvalue weighted by atomic mass is 10.3. The number of para-hydroxylation sites is 1. The van der Waals surface area contributed by atoms with Gasteiger partial charge in [0.1, 0.15) is 0 Å². The molecule has 108 valence electrons. The van der Waals surface area contributed by atoms with Crippen molar-refractivity contribution in [1.29, 1.82) is 0 Å². The molecule has 3 aromatic rings. The summed E-state index contributed by atoms with van der Waals surface area (Å²) in [5.74, 6) is 0. The van der Waals surface area contributed by atoms with Gasteiger partial charge in [-0.1, -0.05) is 37.3 Å². The number of benzene rings is 2. The summed E-state index contributed by atoms with van der Waals surface area (Å²) in [5.41, 5.74) is 1.80. The Morgan fingerprint density at radius 2 is 1.76 bits per heavy atom. The molecule has 0 unspecified atom stereocenters. The van der Waals surface area contributed by atoms with E-state index in [0.29, 0.717) is 0 Å². The third kappa shape index (κ3) is 3.55. The van der Waals surface area contributed by atoms with E-state index in [-0.39, 0.29) is 5.69 Å². The van der Waals surface area contributed by atoms with Crippen LogP contribution in [0.3, 0.4) is 0 Å². The summed E-state index contributed by atoms with van der Waals surface area (Å²) in [6.45, 7) is 4.00. The highest BCUT2D eigenvalue weighted by Crippen LogP contribution is 2.28. The van der Waals surface area contributed by atoms with E-state index < -0.39 is 4.92 Å². The van der Waals surface area contributed by atoms with Crippen molar-refractivity contribution in [2.45, 2.75) is 13.8 Å². The van der Waals surface area contributed by atoms with Crippen molar-refractivity contribution in [3.63, 3.8) is 0 Å². The van der Waals surface area contributed by atoms with Crippen LogP contribution in [0.4, 0.5) is 16.5 Å². The second-order valence-electron chi connectivity index (χ2n) is 3.92. The van der Waals surface area contributed by atoms with Crippen LogP contribution in [-0.4, -0.2) is 9.91 Å². The van der Waals surface area contributed by atoms with Gasteiger partial charge in [-0.15, -0.1) is 0 Å². The molecule has 0 atom stereocenters. The predicted molar refractivity (Wildman–Crippen MR) is 87.3 cm³/mol. The lowest BCUT2D eigenvalue weighted by Gasteiger charge is -2.00. The van der Waals surface area contributed by atoms with Crippen molar-refractivity contribution in [3.8, 4) is 0 Å². The van der Waals surface area contributed by atoms with E-state index in [1.165, 1.54) is 12.1 Å². The Kier molecular flexibility index (Phi) is 4.84. The first-order valence-electron chi connectivity index (χ1n) is 6.59. The third-order valence-electron chi connectivity index (χ3n) is 2.62. The van der Waals surface area contributed by atoms with Crippen molar-refractivity contribution in [3.05, 3.63) is 58.6 Å². The Morgan fingerprint density at radius 3 is 2.38 bits per heavy atom. The molecule has 0 radical (unpaired) electrons. The number of hydrogen-bond acceptors (Lipinski definition) is 5. The molecule has 6 heteroatoms. The van der Waals surface area contributed by atoms with Gasteiger partial charge in [0.05, 0.1) is 15.1 Å². The Bertz CT molecular complexity index is 705. The highest BCUT2D eigenvalue weighted by Gasteiger charge is 2.06. The van der Waals surface area contributed by atoms with E-state index >= 15 is 0 Å². The van der Waals surface area contributed by atoms with Crippen LogP contribution in [0.2, 0.25) is 0 Å². The molecular formula is C15H15N3O2S. The molecule has 0 saturated heterocycles. The van der Waals surface area contributed by atoms with Gasteiger partial charge in [-0.3, -0.25) is 10.1 Å². The lowest BCUT2D eigenvalue weighted by molar-refractivity contribution is -0.384. The molecule has 1 heterocycles. The van der Waals surface area contributed by atoms with E-state index in [4.69, 9.17) is 0 Å². The lowest BCUT2D eigenvalue weighted by Crippen LogP contribution is -1.91. The van der Waals surface area contributed by atoms with Gasteiger partial charge < -0.3 is 5.32 Å². The molecule has 0 amide bonds. The van der Waals surface area contributed by atoms with Crippen LogP contribution in [0, 0.1) is 10.1 Å². The minimum absolute atomic E-state index is 0.0786. The zero-order valence-corrected chi connectivity index (χ0v) is 12.6. The van der Waals surface area contributed by atoms with Crippen LogP contribution in [0.25, 0.3) is 10.2 Å². The molecule has 0 aliphatic carbocycles. The van der Waals surface area contributed by atoms with E-state index in [1.807, 2.05) is 38.1 Å². The quantitative estimate of drug-likeness (QED) is 0.547. The molecule has 3 rings (SSSR count). The largest absolute Gasteiger partial charge is 0.332 e.